The largest absolute Gasteiger partial charge is 0.493 e. The van der Waals surface area contributed by atoms with Crippen molar-refractivity contribution < 1.29 is 23.8 Å². The van der Waals surface area contributed by atoms with Crippen LogP contribution in [0.5, 0.6) is 11.5 Å². The Bertz CT molecular complexity index is 1080. The van der Waals surface area contributed by atoms with Gasteiger partial charge in [-0.15, -0.1) is 0 Å². The molecule has 1 fully saturated rings. The Morgan fingerprint density at radius 1 is 1.03 bits per heavy atom. The molecule has 9 nitrogen and oxygen atoms in total. The molecule has 35 heavy (non-hydrogen) atoms. The number of nitrogens with zero attached hydrogens (tertiary/aromatic N) is 3. The molecule has 0 aromatic heterocycles. The number of anilines is 1. The molecular formula is C26H32N4O5. The summed E-state index contributed by atoms with van der Waals surface area (Å²) < 4.78 is 16.2. The first-order valence-corrected chi connectivity index (χ1v) is 11.8. The van der Waals surface area contributed by atoms with Crippen LogP contribution >= 0.6 is 0 Å². The van der Waals surface area contributed by atoms with Crippen LogP contribution in [-0.2, 0) is 16.1 Å². The molecule has 2 heterocycles. The number of amides is 2. The number of carbonyl (C=O) groups excluding carboxylic acids is 2. The first-order valence-electron chi connectivity index (χ1n) is 11.8. The van der Waals surface area contributed by atoms with Gasteiger partial charge >= 0.3 is 6.09 Å². The van der Waals surface area contributed by atoms with Gasteiger partial charge in [0.1, 0.15) is 6.10 Å². The SMILES string of the molecule is COc1ccc(C2=NN(Cc3ccc(NC(=O)OC4CCN(C)CC4)cc3)C(=O)CC2)cc1OC. The van der Waals surface area contributed by atoms with Gasteiger partial charge in [0.2, 0.25) is 5.91 Å². The van der Waals surface area contributed by atoms with Gasteiger partial charge in [0.15, 0.2) is 11.5 Å². The number of piperidine rings is 1. The molecule has 0 atom stereocenters. The van der Waals surface area contributed by atoms with E-state index in [0.717, 1.165) is 42.8 Å². The maximum atomic E-state index is 12.5. The van der Waals surface area contributed by atoms with E-state index in [1.807, 2.05) is 30.3 Å². The summed E-state index contributed by atoms with van der Waals surface area (Å²) in [6.45, 7) is 2.20. The summed E-state index contributed by atoms with van der Waals surface area (Å²) in [4.78, 5) is 27.0. The van der Waals surface area contributed by atoms with Crippen LogP contribution in [0.1, 0.15) is 36.8 Å². The standard InChI is InChI=1S/C26H32N4O5/c1-29-14-12-21(13-15-29)35-26(32)27-20-7-4-18(5-8-20)17-30-25(31)11-9-22(28-30)19-6-10-23(33-2)24(16-19)34-3/h4-8,10,16,21H,9,11-15,17H2,1-3H3,(H,27,32). The van der Waals surface area contributed by atoms with Crippen molar-refractivity contribution in [3.8, 4) is 11.5 Å². The first-order chi connectivity index (χ1) is 16.9. The molecule has 2 aliphatic rings. The summed E-state index contributed by atoms with van der Waals surface area (Å²) in [5.74, 6) is 1.23. The lowest BCUT2D eigenvalue weighted by atomic mass is 10.0. The number of carbonyl (C=O) groups is 2. The van der Waals surface area contributed by atoms with Crippen LogP contribution in [0.25, 0.3) is 0 Å². The number of hydrogen-bond acceptors (Lipinski definition) is 7. The van der Waals surface area contributed by atoms with Crippen LogP contribution in [0.2, 0.25) is 0 Å². The summed E-state index contributed by atoms with van der Waals surface area (Å²) in [6, 6.07) is 13.0. The summed E-state index contributed by atoms with van der Waals surface area (Å²) in [5, 5.41) is 8.89. The molecule has 0 radical (unpaired) electrons. The van der Waals surface area contributed by atoms with Crippen molar-refractivity contribution in [2.45, 2.75) is 38.3 Å². The van der Waals surface area contributed by atoms with E-state index >= 15 is 0 Å². The Balaban J connectivity index is 1.37. The van der Waals surface area contributed by atoms with Gasteiger partial charge in [0.05, 0.1) is 26.5 Å². The predicted molar refractivity (Wildman–Crippen MR) is 133 cm³/mol. The maximum absolute atomic E-state index is 12.5. The number of benzene rings is 2. The second kappa shape index (κ2) is 11.2. The third-order valence-electron chi connectivity index (χ3n) is 6.29. The number of hydrogen-bond donors (Lipinski definition) is 1. The van der Waals surface area contributed by atoms with Crippen LogP contribution in [0.3, 0.4) is 0 Å². The average molecular weight is 481 g/mol. The first kappa shape index (κ1) is 24.5. The van der Waals surface area contributed by atoms with Gasteiger partial charge in [-0.2, -0.15) is 5.10 Å². The van der Waals surface area contributed by atoms with Gasteiger partial charge in [-0.25, -0.2) is 9.80 Å². The van der Waals surface area contributed by atoms with Crippen molar-refractivity contribution in [3.63, 3.8) is 0 Å². The number of rotatable bonds is 7. The maximum Gasteiger partial charge on any atom is 0.411 e. The fourth-order valence-corrected chi connectivity index (χ4v) is 4.22. The molecule has 0 saturated carbocycles. The van der Waals surface area contributed by atoms with Crippen LogP contribution in [-0.4, -0.2) is 68.1 Å². The van der Waals surface area contributed by atoms with Gasteiger partial charge in [0.25, 0.3) is 0 Å². The molecule has 2 aliphatic heterocycles. The predicted octanol–water partition coefficient (Wildman–Crippen LogP) is 3.87. The Labute approximate surface area is 205 Å². The molecule has 2 aromatic rings. The van der Waals surface area contributed by atoms with E-state index in [-0.39, 0.29) is 12.0 Å². The Kier molecular flexibility index (Phi) is 7.87. The molecule has 0 unspecified atom stereocenters. The third kappa shape index (κ3) is 6.30. The molecule has 0 spiro atoms. The molecule has 1 N–H and O–H groups in total. The lowest BCUT2D eigenvalue weighted by Gasteiger charge is -2.28. The van der Waals surface area contributed by atoms with E-state index in [0.29, 0.717) is 36.6 Å². The highest BCUT2D eigenvalue weighted by Gasteiger charge is 2.23. The van der Waals surface area contributed by atoms with Crippen LogP contribution < -0.4 is 14.8 Å². The monoisotopic (exact) mass is 480 g/mol. The quantitative estimate of drug-likeness (QED) is 0.647. The average Bonchev–Trinajstić information content (AvgIpc) is 2.87. The van der Waals surface area contributed by atoms with Crippen LogP contribution in [0.4, 0.5) is 10.5 Å². The van der Waals surface area contributed by atoms with E-state index in [4.69, 9.17) is 14.2 Å². The van der Waals surface area contributed by atoms with Crippen molar-refractivity contribution in [1.82, 2.24) is 9.91 Å². The Morgan fingerprint density at radius 2 is 1.74 bits per heavy atom. The van der Waals surface area contributed by atoms with Crippen molar-refractivity contribution in [3.05, 3.63) is 53.6 Å². The molecular weight excluding hydrogens is 448 g/mol. The highest BCUT2D eigenvalue weighted by atomic mass is 16.6. The molecule has 2 amide bonds. The fraction of sp³-hybridized carbons (Fsp3) is 0.423. The summed E-state index contributed by atoms with van der Waals surface area (Å²) >= 11 is 0. The molecule has 0 aliphatic carbocycles. The minimum atomic E-state index is -0.442. The van der Waals surface area contributed by atoms with Crippen molar-refractivity contribution >= 4 is 23.4 Å². The van der Waals surface area contributed by atoms with Gasteiger partial charge in [-0.3, -0.25) is 10.1 Å². The zero-order chi connectivity index (χ0) is 24.8. The van der Waals surface area contributed by atoms with Crippen LogP contribution in [0.15, 0.2) is 47.6 Å². The topological polar surface area (TPSA) is 92.7 Å². The van der Waals surface area contributed by atoms with Gasteiger partial charge in [-0.05, 0) is 55.8 Å². The van der Waals surface area contributed by atoms with E-state index < -0.39 is 6.09 Å². The minimum absolute atomic E-state index is 0.0295. The van der Waals surface area contributed by atoms with Gasteiger partial charge in [-0.1, -0.05) is 12.1 Å². The molecule has 9 heteroatoms. The van der Waals surface area contributed by atoms with Crippen molar-refractivity contribution in [2.24, 2.45) is 5.10 Å². The van der Waals surface area contributed by atoms with Gasteiger partial charge in [0, 0.05) is 37.2 Å². The van der Waals surface area contributed by atoms with E-state index in [1.54, 1.807) is 26.4 Å². The van der Waals surface area contributed by atoms with Crippen LogP contribution in [0, 0.1) is 0 Å². The number of nitrogens with one attached hydrogen (secondary N) is 1. The minimum Gasteiger partial charge on any atom is -0.493 e. The third-order valence-corrected chi connectivity index (χ3v) is 6.29. The summed E-state index contributed by atoms with van der Waals surface area (Å²) in [5.41, 5.74) is 3.26. The summed E-state index contributed by atoms with van der Waals surface area (Å²) in [7, 11) is 5.25. The highest BCUT2D eigenvalue weighted by Crippen LogP contribution is 2.29. The van der Waals surface area contributed by atoms with Crippen molar-refractivity contribution in [2.75, 3.05) is 39.7 Å². The Hall–Kier alpha value is -3.59. The fourth-order valence-electron chi connectivity index (χ4n) is 4.22. The highest BCUT2D eigenvalue weighted by molar-refractivity contribution is 6.04. The molecule has 2 aromatic carbocycles. The number of methoxy groups -OCH3 is 2. The second-order valence-electron chi connectivity index (χ2n) is 8.80. The second-order valence-corrected chi connectivity index (χ2v) is 8.80. The summed E-state index contributed by atoms with van der Waals surface area (Å²) in [6.07, 6.45) is 2.15. The number of hydrazone groups is 1. The zero-order valence-corrected chi connectivity index (χ0v) is 20.5. The normalized spacial score (nSPS) is 17.1. The smallest absolute Gasteiger partial charge is 0.411 e. The molecule has 186 valence electrons. The van der Waals surface area contributed by atoms with E-state index in [1.165, 1.54) is 5.01 Å². The number of ether oxygens (including phenoxy) is 3. The van der Waals surface area contributed by atoms with Crippen molar-refractivity contribution in [1.29, 1.82) is 0 Å². The van der Waals surface area contributed by atoms with E-state index in [2.05, 4.69) is 22.4 Å². The lowest BCUT2D eigenvalue weighted by molar-refractivity contribution is -0.132. The molecule has 1 saturated heterocycles. The lowest BCUT2D eigenvalue weighted by Crippen LogP contribution is -2.36. The Morgan fingerprint density at radius 3 is 2.43 bits per heavy atom. The molecule has 0 bridgehead atoms. The molecule has 4 rings (SSSR count). The number of likely N-dealkylation sites (tertiary alicyclic amines) is 1. The van der Waals surface area contributed by atoms with Gasteiger partial charge < -0.3 is 19.1 Å². The zero-order valence-electron chi connectivity index (χ0n) is 20.5. The van der Waals surface area contributed by atoms with E-state index in [9.17, 15) is 9.59 Å².